The molecule has 1 N–H and O–H groups in total. The molecular formula is C20H28N4OS2. The summed E-state index contributed by atoms with van der Waals surface area (Å²) in [7, 11) is 0. The van der Waals surface area contributed by atoms with Crippen molar-refractivity contribution in [3.63, 3.8) is 0 Å². The first-order valence-corrected chi connectivity index (χ1v) is 11.7. The molecule has 0 radical (unpaired) electrons. The van der Waals surface area contributed by atoms with Crippen LogP contribution in [0.3, 0.4) is 0 Å². The predicted molar refractivity (Wildman–Crippen MR) is 113 cm³/mol. The van der Waals surface area contributed by atoms with E-state index in [1.54, 1.807) is 22.7 Å². The number of thiazole rings is 1. The first-order valence-electron chi connectivity index (χ1n) is 9.93. The number of hydrogen-bond acceptors (Lipinski definition) is 6. The Morgan fingerprint density at radius 1 is 1.26 bits per heavy atom. The van der Waals surface area contributed by atoms with Crippen molar-refractivity contribution in [2.45, 2.75) is 44.7 Å². The Bertz CT molecular complexity index is 710. The molecule has 2 fully saturated rings. The van der Waals surface area contributed by atoms with Crippen LogP contribution in [-0.2, 0) is 4.79 Å². The molecule has 0 aliphatic carbocycles. The lowest BCUT2D eigenvalue weighted by Gasteiger charge is -2.36. The normalized spacial score (nSPS) is 22.9. The minimum absolute atomic E-state index is 0.0819. The van der Waals surface area contributed by atoms with Crippen LogP contribution in [0.1, 0.15) is 43.5 Å². The number of piperidine rings is 1. The Balaban J connectivity index is 1.40. The highest BCUT2D eigenvalue weighted by atomic mass is 32.1. The first-order chi connectivity index (χ1) is 13.2. The minimum atomic E-state index is -0.0819. The molecule has 2 aliphatic heterocycles. The van der Waals surface area contributed by atoms with E-state index in [1.165, 1.54) is 17.7 Å². The van der Waals surface area contributed by atoms with E-state index in [0.717, 1.165) is 43.5 Å². The third-order valence-corrected chi connectivity index (χ3v) is 7.60. The molecule has 4 rings (SSSR count). The van der Waals surface area contributed by atoms with Crippen LogP contribution in [0, 0.1) is 5.92 Å². The lowest BCUT2D eigenvalue weighted by atomic mass is 9.97. The Hall–Kier alpha value is -1.44. The van der Waals surface area contributed by atoms with Crippen molar-refractivity contribution < 1.29 is 4.79 Å². The average molecular weight is 405 g/mol. The fraction of sp³-hybridized carbons (Fsp3) is 0.600. The van der Waals surface area contributed by atoms with Crippen LogP contribution >= 0.6 is 22.7 Å². The summed E-state index contributed by atoms with van der Waals surface area (Å²) in [5.41, 5.74) is 0. The van der Waals surface area contributed by atoms with Gasteiger partial charge in [0.1, 0.15) is 6.04 Å². The van der Waals surface area contributed by atoms with Gasteiger partial charge in [0.25, 0.3) is 0 Å². The van der Waals surface area contributed by atoms with Gasteiger partial charge < -0.3 is 10.2 Å². The van der Waals surface area contributed by atoms with Crippen molar-refractivity contribution in [2.75, 3.05) is 31.1 Å². The van der Waals surface area contributed by atoms with Gasteiger partial charge in [-0.05, 0) is 56.1 Å². The van der Waals surface area contributed by atoms with Gasteiger partial charge in [0.05, 0.1) is 6.04 Å². The summed E-state index contributed by atoms with van der Waals surface area (Å²) in [5.74, 6) is 0.958. The number of anilines is 1. The van der Waals surface area contributed by atoms with Crippen molar-refractivity contribution in [1.82, 2.24) is 15.2 Å². The highest BCUT2D eigenvalue weighted by Gasteiger charge is 2.33. The topological polar surface area (TPSA) is 48.5 Å². The zero-order chi connectivity index (χ0) is 18.6. The molecule has 2 aromatic rings. The third-order valence-electron chi connectivity index (χ3n) is 5.82. The zero-order valence-electron chi connectivity index (χ0n) is 15.8. The van der Waals surface area contributed by atoms with Crippen LogP contribution in [0.4, 0.5) is 5.13 Å². The van der Waals surface area contributed by atoms with Gasteiger partial charge in [0.15, 0.2) is 5.13 Å². The summed E-state index contributed by atoms with van der Waals surface area (Å²) in [5, 5.41) is 8.36. The number of likely N-dealkylation sites (tertiary alicyclic amines) is 1. The van der Waals surface area contributed by atoms with E-state index in [-0.39, 0.29) is 18.0 Å². The van der Waals surface area contributed by atoms with E-state index in [0.29, 0.717) is 6.54 Å². The summed E-state index contributed by atoms with van der Waals surface area (Å²) < 4.78 is 0. The summed E-state index contributed by atoms with van der Waals surface area (Å²) >= 11 is 3.41. The fourth-order valence-corrected chi connectivity index (χ4v) is 5.75. The van der Waals surface area contributed by atoms with Gasteiger partial charge in [0.2, 0.25) is 5.91 Å². The Morgan fingerprint density at radius 2 is 2.11 bits per heavy atom. The lowest BCUT2D eigenvalue weighted by Crippen LogP contribution is -2.47. The van der Waals surface area contributed by atoms with E-state index in [9.17, 15) is 4.79 Å². The van der Waals surface area contributed by atoms with E-state index in [4.69, 9.17) is 0 Å². The molecule has 0 saturated carbocycles. The summed E-state index contributed by atoms with van der Waals surface area (Å²) in [6.45, 7) is 6.19. The van der Waals surface area contributed by atoms with Crippen molar-refractivity contribution in [2.24, 2.45) is 5.92 Å². The minimum Gasteiger partial charge on any atom is -0.352 e. The number of amides is 1. The van der Waals surface area contributed by atoms with Gasteiger partial charge in [-0.15, -0.1) is 22.7 Å². The molecule has 0 aromatic carbocycles. The standard InChI is InChI=1S/C20H28N4OS2/c1-15-6-10-23(11-7-15)17(18-5-3-12-26-18)14-22-19(25)16-4-2-9-24(16)20-21-8-13-27-20/h3,5,8,12-13,15-17H,2,4,6-7,9-11,14H2,1H3,(H,22,25). The Morgan fingerprint density at radius 3 is 2.81 bits per heavy atom. The molecule has 1 amide bonds. The first kappa shape index (κ1) is 18.9. The third kappa shape index (κ3) is 4.36. The molecule has 0 bridgehead atoms. The maximum Gasteiger partial charge on any atom is 0.242 e. The molecule has 2 unspecified atom stereocenters. The predicted octanol–water partition coefficient (Wildman–Crippen LogP) is 3.76. The van der Waals surface area contributed by atoms with E-state index in [1.807, 2.05) is 11.6 Å². The van der Waals surface area contributed by atoms with Gasteiger partial charge in [-0.3, -0.25) is 9.69 Å². The second-order valence-electron chi connectivity index (χ2n) is 7.66. The van der Waals surface area contributed by atoms with E-state index < -0.39 is 0 Å². The van der Waals surface area contributed by atoms with Gasteiger partial charge in [0, 0.05) is 29.5 Å². The second-order valence-corrected chi connectivity index (χ2v) is 9.51. The highest BCUT2D eigenvalue weighted by molar-refractivity contribution is 7.13. The molecular weight excluding hydrogens is 376 g/mol. The quantitative estimate of drug-likeness (QED) is 0.796. The molecule has 146 valence electrons. The summed E-state index contributed by atoms with van der Waals surface area (Å²) in [4.78, 5) is 23.5. The SMILES string of the molecule is CC1CCN(C(CNC(=O)C2CCCN2c2nccs2)c2cccs2)CC1. The van der Waals surface area contributed by atoms with Crippen LogP contribution in [0.15, 0.2) is 29.1 Å². The largest absolute Gasteiger partial charge is 0.352 e. The Kier molecular flexibility index (Phi) is 6.10. The van der Waals surface area contributed by atoms with Crippen LogP contribution in [0.2, 0.25) is 0 Å². The average Bonchev–Trinajstić information content (AvgIpc) is 3.44. The monoisotopic (exact) mass is 404 g/mol. The molecule has 2 aliphatic rings. The van der Waals surface area contributed by atoms with Crippen LogP contribution in [0.25, 0.3) is 0 Å². The summed E-state index contributed by atoms with van der Waals surface area (Å²) in [6, 6.07) is 4.53. The summed E-state index contributed by atoms with van der Waals surface area (Å²) in [6.07, 6.45) is 6.27. The van der Waals surface area contributed by atoms with E-state index >= 15 is 0 Å². The fourth-order valence-electron chi connectivity index (χ4n) is 4.17. The van der Waals surface area contributed by atoms with E-state index in [2.05, 4.69) is 44.5 Å². The number of aromatic nitrogens is 1. The maximum atomic E-state index is 13.0. The van der Waals surface area contributed by atoms with Crippen molar-refractivity contribution in [3.05, 3.63) is 34.0 Å². The van der Waals surface area contributed by atoms with Crippen molar-refractivity contribution in [1.29, 1.82) is 0 Å². The second kappa shape index (κ2) is 8.71. The van der Waals surface area contributed by atoms with Gasteiger partial charge in [-0.2, -0.15) is 0 Å². The van der Waals surface area contributed by atoms with Crippen LogP contribution < -0.4 is 10.2 Å². The molecule has 2 atom stereocenters. The van der Waals surface area contributed by atoms with Crippen molar-refractivity contribution in [3.8, 4) is 0 Å². The maximum absolute atomic E-state index is 13.0. The number of nitrogens with one attached hydrogen (secondary N) is 1. The van der Waals surface area contributed by atoms with Crippen LogP contribution in [-0.4, -0.2) is 48.0 Å². The number of nitrogens with zero attached hydrogens (tertiary/aromatic N) is 3. The number of rotatable bonds is 6. The molecule has 27 heavy (non-hydrogen) atoms. The molecule has 5 nitrogen and oxygen atoms in total. The number of carbonyl (C=O) groups is 1. The molecule has 0 spiro atoms. The van der Waals surface area contributed by atoms with Gasteiger partial charge >= 0.3 is 0 Å². The smallest absolute Gasteiger partial charge is 0.242 e. The van der Waals surface area contributed by atoms with Crippen LogP contribution in [0.5, 0.6) is 0 Å². The van der Waals surface area contributed by atoms with Gasteiger partial charge in [-0.25, -0.2) is 4.98 Å². The highest BCUT2D eigenvalue weighted by Crippen LogP contribution is 2.30. The zero-order valence-corrected chi connectivity index (χ0v) is 17.5. The molecule has 2 aromatic heterocycles. The van der Waals surface area contributed by atoms with Crippen molar-refractivity contribution >= 4 is 33.7 Å². The molecule has 2 saturated heterocycles. The number of hydrogen-bond donors (Lipinski definition) is 1. The molecule has 7 heteroatoms. The number of thiophene rings is 1. The lowest BCUT2D eigenvalue weighted by molar-refractivity contribution is -0.122. The number of carbonyl (C=O) groups excluding carboxylic acids is 1. The Labute approximate surface area is 169 Å². The molecule has 4 heterocycles. The van der Waals surface area contributed by atoms with Gasteiger partial charge in [-0.1, -0.05) is 13.0 Å².